The Morgan fingerprint density at radius 1 is 1.24 bits per heavy atom. The van der Waals surface area contributed by atoms with Crippen LogP contribution in [0.1, 0.15) is 18.9 Å². The molecule has 0 aliphatic heterocycles. The summed E-state index contributed by atoms with van der Waals surface area (Å²) in [5.41, 5.74) is 5.60. The van der Waals surface area contributed by atoms with E-state index in [-0.39, 0.29) is 17.4 Å². The Morgan fingerprint density at radius 3 is 2.72 bits per heavy atom. The van der Waals surface area contributed by atoms with Crippen molar-refractivity contribution in [2.24, 2.45) is 5.10 Å². The molecule has 0 unspecified atom stereocenters. The standard InChI is InChI=1S/C18H17N3O3S/c1-2-14(12-7-9-13(22)10-8-12)20-21-17(23)11-25-18-19-15-5-3-4-6-16(15)24-18/h3-10,22H,2,11H2,1H3,(H,21,23)/b20-14+. The molecule has 25 heavy (non-hydrogen) atoms. The van der Waals surface area contributed by atoms with Gasteiger partial charge in [0.15, 0.2) is 5.58 Å². The highest BCUT2D eigenvalue weighted by molar-refractivity contribution is 7.99. The van der Waals surface area contributed by atoms with Crippen molar-refractivity contribution in [3.05, 3.63) is 54.1 Å². The number of hydrogen-bond acceptors (Lipinski definition) is 6. The summed E-state index contributed by atoms with van der Waals surface area (Å²) in [5, 5.41) is 14.0. The van der Waals surface area contributed by atoms with Crippen LogP contribution in [-0.2, 0) is 4.79 Å². The number of nitrogens with one attached hydrogen (secondary N) is 1. The molecule has 128 valence electrons. The van der Waals surface area contributed by atoms with E-state index in [4.69, 9.17) is 4.42 Å². The zero-order valence-electron chi connectivity index (χ0n) is 13.6. The number of hydrazone groups is 1. The summed E-state index contributed by atoms with van der Waals surface area (Å²) in [6, 6.07) is 14.2. The van der Waals surface area contributed by atoms with Crippen molar-refractivity contribution in [1.82, 2.24) is 10.4 Å². The molecule has 0 spiro atoms. The summed E-state index contributed by atoms with van der Waals surface area (Å²) >= 11 is 1.22. The van der Waals surface area contributed by atoms with Gasteiger partial charge in [0.2, 0.25) is 0 Å². The lowest BCUT2D eigenvalue weighted by Gasteiger charge is -2.05. The number of aromatic hydroxyl groups is 1. The number of fused-ring (bicyclic) bond motifs is 1. The Labute approximate surface area is 149 Å². The summed E-state index contributed by atoms with van der Waals surface area (Å²) in [6.45, 7) is 1.95. The van der Waals surface area contributed by atoms with E-state index in [0.717, 1.165) is 16.8 Å². The lowest BCUT2D eigenvalue weighted by molar-refractivity contribution is -0.118. The molecule has 6 nitrogen and oxygen atoms in total. The molecule has 1 aromatic heterocycles. The third-order valence-electron chi connectivity index (χ3n) is 3.45. The summed E-state index contributed by atoms with van der Waals surface area (Å²) in [6.07, 6.45) is 0.656. The number of rotatable bonds is 6. The molecule has 3 aromatic rings. The number of carbonyl (C=O) groups is 1. The van der Waals surface area contributed by atoms with E-state index in [2.05, 4.69) is 15.5 Å². The van der Waals surface area contributed by atoms with Crippen LogP contribution in [-0.4, -0.2) is 27.5 Å². The SMILES string of the molecule is CC/C(=N\NC(=O)CSc1nc2ccccc2o1)c1ccc(O)cc1. The average molecular weight is 355 g/mol. The molecular formula is C18H17N3O3S. The van der Waals surface area contributed by atoms with Crippen LogP contribution in [0.2, 0.25) is 0 Å². The number of carbonyl (C=O) groups excluding carboxylic acids is 1. The van der Waals surface area contributed by atoms with Gasteiger partial charge in [-0.25, -0.2) is 10.4 Å². The fourth-order valence-electron chi connectivity index (χ4n) is 2.20. The number of phenolic OH excluding ortho intramolecular Hbond substituents is 1. The van der Waals surface area contributed by atoms with Crippen LogP contribution in [0.5, 0.6) is 5.75 Å². The summed E-state index contributed by atoms with van der Waals surface area (Å²) in [4.78, 5) is 16.3. The van der Waals surface area contributed by atoms with E-state index in [1.807, 2.05) is 31.2 Å². The largest absolute Gasteiger partial charge is 0.508 e. The van der Waals surface area contributed by atoms with Gasteiger partial charge in [-0.2, -0.15) is 5.10 Å². The minimum atomic E-state index is -0.239. The minimum absolute atomic E-state index is 0.156. The van der Waals surface area contributed by atoms with Crippen molar-refractivity contribution in [2.45, 2.75) is 18.6 Å². The zero-order valence-corrected chi connectivity index (χ0v) is 14.4. The van der Waals surface area contributed by atoms with Crippen LogP contribution in [0.15, 0.2) is 63.3 Å². The van der Waals surface area contributed by atoms with Gasteiger partial charge in [0.05, 0.1) is 11.5 Å². The molecule has 0 radical (unpaired) electrons. The molecule has 0 saturated carbocycles. The van der Waals surface area contributed by atoms with Crippen LogP contribution in [0.25, 0.3) is 11.1 Å². The second-order valence-electron chi connectivity index (χ2n) is 5.23. The summed E-state index contributed by atoms with van der Waals surface area (Å²) in [7, 11) is 0. The first-order valence-electron chi connectivity index (χ1n) is 7.79. The molecule has 0 aliphatic rings. The van der Waals surface area contributed by atoms with E-state index in [1.54, 1.807) is 24.3 Å². The minimum Gasteiger partial charge on any atom is -0.508 e. The van der Waals surface area contributed by atoms with E-state index in [0.29, 0.717) is 17.2 Å². The maximum Gasteiger partial charge on any atom is 0.257 e. The maximum atomic E-state index is 12.0. The Kier molecular flexibility index (Phi) is 5.35. The number of amides is 1. The summed E-state index contributed by atoms with van der Waals surface area (Å²) < 4.78 is 5.56. The Balaban J connectivity index is 1.58. The van der Waals surface area contributed by atoms with Crippen molar-refractivity contribution in [2.75, 3.05) is 5.75 Å². The molecule has 2 aromatic carbocycles. The molecule has 7 heteroatoms. The Hall–Kier alpha value is -2.80. The van der Waals surface area contributed by atoms with Gasteiger partial charge in [-0.3, -0.25) is 4.79 Å². The van der Waals surface area contributed by atoms with Crippen LogP contribution in [0.4, 0.5) is 0 Å². The quantitative estimate of drug-likeness (QED) is 0.401. The van der Waals surface area contributed by atoms with Crippen LogP contribution < -0.4 is 5.43 Å². The first-order valence-corrected chi connectivity index (χ1v) is 8.77. The van der Waals surface area contributed by atoms with E-state index >= 15 is 0 Å². The van der Waals surface area contributed by atoms with Gasteiger partial charge in [-0.1, -0.05) is 30.8 Å². The number of para-hydroxylation sites is 2. The highest BCUT2D eigenvalue weighted by atomic mass is 32.2. The molecule has 0 bridgehead atoms. The summed E-state index contributed by atoms with van der Waals surface area (Å²) in [5.74, 6) is 0.109. The number of oxazole rings is 1. The van der Waals surface area contributed by atoms with Gasteiger partial charge < -0.3 is 9.52 Å². The third kappa shape index (κ3) is 4.39. The van der Waals surface area contributed by atoms with Gasteiger partial charge >= 0.3 is 0 Å². The highest BCUT2D eigenvalue weighted by Crippen LogP contribution is 2.22. The molecule has 3 rings (SSSR count). The van der Waals surface area contributed by atoms with Crippen molar-refractivity contribution < 1.29 is 14.3 Å². The highest BCUT2D eigenvalue weighted by Gasteiger charge is 2.09. The fourth-order valence-corrected chi connectivity index (χ4v) is 2.83. The molecule has 0 aliphatic carbocycles. The van der Waals surface area contributed by atoms with E-state index in [1.165, 1.54) is 11.8 Å². The molecule has 0 fully saturated rings. The average Bonchev–Trinajstić information content (AvgIpc) is 3.05. The number of aromatic nitrogens is 1. The lowest BCUT2D eigenvalue weighted by Crippen LogP contribution is -2.21. The number of nitrogens with zero attached hydrogens (tertiary/aromatic N) is 2. The van der Waals surface area contributed by atoms with Crippen molar-refractivity contribution >= 4 is 34.5 Å². The Bertz CT molecular complexity index is 870. The lowest BCUT2D eigenvalue weighted by atomic mass is 10.1. The third-order valence-corrected chi connectivity index (χ3v) is 4.28. The normalized spacial score (nSPS) is 11.6. The van der Waals surface area contributed by atoms with E-state index in [9.17, 15) is 9.90 Å². The van der Waals surface area contributed by atoms with Crippen molar-refractivity contribution in [1.29, 1.82) is 0 Å². The smallest absolute Gasteiger partial charge is 0.257 e. The van der Waals surface area contributed by atoms with Crippen LogP contribution in [0, 0.1) is 0 Å². The van der Waals surface area contributed by atoms with Crippen molar-refractivity contribution in [3.8, 4) is 5.75 Å². The molecule has 1 amide bonds. The molecule has 0 saturated heterocycles. The van der Waals surface area contributed by atoms with Gasteiger partial charge in [0, 0.05) is 0 Å². The number of hydrogen-bond donors (Lipinski definition) is 2. The van der Waals surface area contributed by atoms with Gasteiger partial charge in [0.1, 0.15) is 11.3 Å². The van der Waals surface area contributed by atoms with Gasteiger partial charge in [-0.15, -0.1) is 0 Å². The Morgan fingerprint density at radius 2 is 2.00 bits per heavy atom. The molecule has 2 N–H and O–H groups in total. The molecule has 0 atom stereocenters. The maximum absolute atomic E-state index is 12.0. The predicted molar refractivity (Wildman–Crippen MR) is 97.8 cm³/mol. The van der Waals surface area contributed by atoms with Crippen LogP contribution in [0.3, 0.4) is 0 Å². The van der Waals surface area contributed by atoms with E-state index < -0.39 is 0 Å². The molecular weight excluding hydrogens is 338 g/mol. The fraction of sp³-hybridized carbons (Fsp3) is 0.167. The monoisotopic (exact) mass is 355 g/mol. The first-order chi connectivity index (χ1) is 12.2. The zero-order chi connectivity index (χ0) is 17.6. The topological polar surface area (TPSA) is 87.7 Å². The van der Waals surface area contributed by atoms with Crippen molar-refractivity contribution in [3.63, 3.8) is 0 Å². The number of phenols is 1. The second-order valence-corrected chi connectivity index (χ2v) is 6.16. The first kappa shape index (κ1) is 17.0. The number of benzene rings is 2. The molecule has 1 heterocycles. The van der Waals surface area contributed by atoms with Gasteiger partial charge in [-0.05, 0) is 48.4 Å². The van der Waals surface area contributed by atoms with Gasteiger partial charge in [0.25, 0.3) is 11.1 Å². The second kappa shape index (κ2) is 7.85. The number of thioether (sulfide) groups is 1. The predicted octanol–water partition coefficient (Wildman–Crippen LogP) is 3.56. The van der Waals surface area contributed by atoms with Crippen LogP contribution >= 0.6 is 11.8 Å².